The number of methoxy groups -OCH3 is 1. The average molecular weight is 253 g/mol. The summed E-state index contributed by atoms with van der Waals surface area (Å²) in [6.07, 6.45) is 2.85. The Labute approximate surface area is 107 Å². The van der Waals surface area contributed by atoms with Crippen LogP contribution in [0.15, 0.2) is 18.2 Å². The first-order chi connectivity index (χ1) is 8.66. The fourth-order valence-corrected chi connectivity index (χ4v) is 1.67. The number of hydrogen-bond acceptors (Lipinski definition) is 2. The Hall–Kier alpha value is -1.42. The zero-order chi connectivity index (χ0) is 13.4. The minimum Gasteiger partial charge on any atom is -0.385 e. The molecule has 0 aliphatic rings. The molecule has 0 radical (unpaired) electrons. The number of ether oxygens (including phenoxy) is 1. The highest BCUT2D eigenvalue weighted by Gasteiger charge is 2.11. The summed E-state index contributed by atoms with van der Waals surface area (Å²) >= 11 is 0. The van der Waals surface area contributed by atoms with Gasteiger partial charge in [-0.2, -0.15) is 0 Å². The third-order valence-electron chi connectivity index (χ3n) is 2.75. The molecule has 0 spiro atoms. The second kappa shape index (κ2) is 7.82. The van der Waals surface area contributed by atoms with Crippen molar-refractivity contribution >= 4 is 5.91 Å². The molecule has 100 valence electrons. The molecule has 18 heavy (non-hydrogen) atoms. The van der Waals surface area contributed by atoms with E-state index < -0.39 is 5.82 Å². The van der Waals surface area contributed by atoms with Crippen LogP contribution in [0.5, 0.6) is 0 Å². The maximum atomic E-state index is 13.7. The van der Waals surface area contributed by atoms with Crippen LogP contribution in [-0.4, -0.2) is 26.2 Å². The van der Waals surface area contributed by atoms with Crippen molar-refractivity contribution in [3.63, 3.8) is 0 Å². The Morgan fingerprint density at radius 2 is 2.11 bits per heavy atom. The van der Waals surface area contributed by atoms with Gasteiger partial charge in [-0.15, -0.1) is 0 Å². The van der Waals surface area contributed by atoms with Crippen LogP contribution < -0.4 is 5.32 Å². The number of rotatable bonds is 7. The van der Waals surface area contributed by atoms with Crippen LogP contribution in [0.3, 0.4) is 0 Å². The number of nitrogens with one attached hydrogen (secondary N) is 1. The van der Waals surface area contributed by atoms with Gasteiger partial charge in [-0.1, -0.05) is 12.1 Å². The largest absolute Gasteiger partial charge is 0.385 e. The molecule has 3 nitrogen and oxygen atoms in total. The van der Waals surface area contributed by atoms with Crippen LogP contribution in [-0.2, 0) is 4.74 Å². The molecule has 1 aromatic rings. The lowest BCUT2D eigenvalue weighted by atomic mass is 10.1. The lowest BCUT2D eigenvalue weighted by Gasteiger charge is -2.07. The van der Waals surface area contributed by atoms with Crippen LogP contribution in [0.2, 0.25) is 0 Å². The fraction of sp³-hybridized carbons (Fsp3) is 0.500. The van der Waals surface area contributed by atoms with Gasteiger partial charge in [-0.05, 0) is 37.8 Å². The maximum absolute atomic E-state index is 13.7. The summed E-state index contributed by atoms with van der Waals surface area (Å²) in [5, 5.41) is 2.72. The molecule has 0 saturated carbocycles. The second-order valence-electron chi connectivity index (χ2n) is 4.25. The maximum Gasteiger partial charge on any atom is 0.254 e. The van der Waals surface area contributed by atoms with E-state index >= 15 is 0 Å². The van der Waals surface area contributed by atoms with Crippen molar-refractivity contribution in [3.05, 3.63) is 35.1 Å². The van der Waals surface area contributed by atoms with Crippen LogP contribution in [0.1, 0.15) is 35.2 Å². The molecule has 1 amide bonds. The van der Waals surface area contributed by atoms with Crippen molar-refractivity contribution in [1.82, 2.24) is 5.32 Å². The zero-order valence-electron chi connectivity index (χ0n) is 11.0. The number of amides is 1. The highest BCUT2D eigenvalue weighted by molar-refractivity contribution is 5.94. The van der Waals surface area contributed by atoms with Gasteiger partial charge in [0.05, 0.1) is 5.56 Å². The third-order valence-corrected chi connectivity index (χ3v) is 2.75. The quantitative estimate of drug-likeness (QED) is 0.759. The first-order valence-electron chi connectivity index (χ1n) is 6.19. The summed E-state index contributed by atoms with van der Waals surface area (Å²) in [4.78, 5) is 11.7. The molecule has 1 rings (SSSR count). The number of unbranched alkanes of at least 4 members (excludes halogenated alkanes) is 2. The monoisotopic (exact) mass is 253 g/mol. The summed E-state index contributed by atoms with van der Waals surface area (Å²) < 4.78 is 18.6. The van der Waals surface area contributed by atoms with Gasteiger partial charge in [0, 0.05) is 20.3 Å². The smallest absolute Gasteiger partial charge is 0.254 e. The van der Waals surface area contributed by atoms with Crippen molar-refractivity contribution in [2.75, 3.05) is 20.3 Å². The Kier molecular flexibility index (Phi) is 6.36. The molecule has 1 aromatic carbocycles. The van der Waals surface area contributed by atoms with Gasteiger partial charge in [0.15, 0.2) is 0 Å². The minimum atomic E-state index is -0.436. The number of hydrogen-bond donors (Lipinski definition) is 1. The van der Waals surface area contributed by atoms with E-state index in [1.807, 2.05) is 0 Å². The number of benzene rings is 1. The molecule has 4 heteroatoms. The summed E-state index contributed by atoms with van der Waals surface area (Å²) in [6, 6.07) is 4.84. The van der Waals surface area contributed by atoms with Gasteiger partial charge in [0.25, 0.3) is 5.91 Å². The molecule has 0 aliphatic carbocycles. The number of carbonyl (C=O) groups excluding carboxylic acids is 1. The third kappa shape index (κ3) is 4.45. The summed E-state index contributed by atoms with van der Waals surface area (Å²) in [6.45, 7) is 2.95. The average Bonchev–Trinajstić information content (AvgIpc) is 2.36. The summed E-state index contributed by atoms with van der Waals surface area (Å²) in [7, 11) is 1.67. The van der Waals surface area contributed by atoms with Crippen molar-refractivity contribution in [2.45, 2.75) is 26.2 Å². The molecule has 1 N–H and O–H groups in total. The Morgan fingerprint density at radius 3 is 2.83 bits per heavy atom. The first-order valence-corrected chi connectivity index (χ1v) is 6.19. The number of carbonyl (C=O) groups is 1. The van der Waals surface area contributed by atoms with Gasteiger partial charge in [-0.3, -0.25) is 4.79 Å². The number of halogens is 1. The molecule has 0 fully saturated rings. The Morgan fingerprint density at radius 1 is 1.33 bits per heavy atom. The van der Waals surface area contributed by atoms with Gasteiger partial charge in [-0.25, -0.2) is 4.39 Å². The van der Waals surface area contributed by atoms with Gasteiger partial charge in [0.2, 0.25) is 0 Å². The van der Waals surface area contributed by atoms with Crippen LogP contribution in [0, 0.1) is 12.7 Å². The molecule has 0 saturated heterocycles. The van der Waals surface area contributed by atoms with E-state index in [4.69, 9.17) is 4.74 Å². The lowest BCUT2D eigenvalue weighted by molar-refractivity contribution is 0.0948. The van der Waals surface area contributed by atoms with E-state index in [0.29, 0.717) is 12.1 Å². The Balaban J connectivity index is 2.35. The standard InChI is InChI=1S/C14H20FNO2/c1-11-7-6-8-12(13(11)15)14(17)16-9-4-3-5-10-18-2/h6-8H,3-5,9-10H2,1-2H3,(H,16,17). The highest BCUT2D eigenvalue weighted by atomic mass is 19.1. The molecule has 0 unspecified atom stereocenters. The summed E-state index contributed by atoms with van der Waals surface area (Å²) in [5.41, 5.74) is 0.606. The lowest BCUT2D eigenvalue weighted by Crippen LogP contribution is -2.25. The normalized spacial score (nSPS) is 10.4. The molecule has 0 aliphatic heterocycles. The minimum absolute atomic E-state index is 0.117. The SMILES string of the molecule is COCCCCCNC(=O)c1cccc(C)c1F. The van der Waals surface area contributed by atoms with Crippen molar-refractivity contribution in [2.24, 2.45) is 0 Å². The predicted molar refractivity (Wildman–Crippen MR) is 69.2 cm³/mol. The summed E-state index contributed by atoms with van der Waals surface area (Å²) in [5.74, 6) is -0.780. The fourth-order valence-electron chi connectivity index (χ4n) is 1.67. The van der Waals surface area contributed by atoms with Crippen LogP contribution >= 0.6 is 0 Å². The van der Waals surface area contributed by atoms with Crippen molar-refractivity contribution in [1.29, 1.82) is 0 Å². The second-order valence-corrected chi connectivity index (χ2v) is 4.25. The first kappa shape index (κ1) is 14.6. The number of aryl methyl sites for hydroxylation is 1. The van der Waals surface area contributed by atoms with E-state index in [1.54, 1.807) is 26.2 Å². The van der Waals surface area contributed by atoms with E-state index in [0.717, 1.165) is 25.9 Å². The molecule has 0 atom stereocenters. The molecule has 0 bridgehead atoms. The molecule has 0 heterocycles. The van der Waals surface area contributed by atoms with E-state index in [1.165, 1.54) is 6.07 Å². The van der Waals surface area contributed by atoms with E-state index in [9.17, 15) is 9.18 Å². The topological polar surface area (TPSA) is 38.3 Å². The van der Waals surface area contributed by atoms with E-state index in [2.05, 4.69) is 5.32 Å². The van der Waals surface area contributed by atoms with E-state index in [-0.39, 0.29) is 11.5 Å². The molecular formula is C14H20FNO2. The van der Waals surface area contributed by atoms with Crippen LogP contribution in [0.4, 0.5) is 4.39 Å². The van der Waals surface area contributed by atoms with Crippen molar-refractivity contribution < 1.29 is 13.9 Å². The van der Waals surface area contributed by atoms with Gasteiger partial charge < -0.3 is 10.1 Å². The van der Waals surface area contributed by atoms with Gasteiger partial charge >= 0.3 is 0 Å². The highest BCUT2D eigenvalue weighted by Crippen LogP contribution is 2.11. The van der Waals surface area contributed by atoms with Crippen molar-refractivity contribution in [3.8, 4) is 0 Å². The van der Waals surface area contributed by atoms with Crippen LogP contribution in [0.25, 0.3) is 0 Å². The molecular weight excluding hydrogens is 233 g/mol. The predicted octanol–water partition coefficient (Wildman–Crippen LogP) is 2.68. The Bertz CT molecular complexity index is 393. The zero-order valence-corrected chi connectivity index (χ0v) is 11.0. The molecule has 0 aromatic heterocycles. The van der Waals surface area contributed by atoms with Gasteiger partial charge in [0.1, 0.15) is 5.82 Å².